The van der Waals surface area contributed by atoms with Crippen molar-refractivity contribution in [1.29, 1.82) is 0 Å². The molecule has 2 aromatic rings. The fourth-order valence-electron chi connectivity index (χ4n) is 2.35. The van der Waals surface area contributed by atoms with Crippen LogP contribution in [0.1, 0.15) is 35.6 Å². The van der Waals surface area contributed by atoms with Crippen LogP contribution in [0.15, 0.2) is 36.4 Å². The van der Waals surface area contributed by atoms with Gasteiger partial charge in [0, 0.05) is 6.04 Å². The van der Waals surface area contributed by atoms with Crippen LogP contribution in [-0.2, 0) is 6.42 Å². The van der Waals surface area contributed by atoms with Crippen molar-refractivity contribution in [2.45, 2.75) is 46.6 Å². The Bertz CT molecular complexity index is 619. The Balaban J connectivity index is 2.19. The molecular formula is C19H25NO. The summed E-state index contributed by atoms with van der Waals surface area (Å²) in [4.78, 5) is 0. The Kier molecular flexibility index (Phi) is 5.03. The average Bonchev–Trinajstić information content (AvgIpc) is 2.46. The Labute approximate surface area is 127 Å². The van der Waals surface area contributed by atoms with E-state index in [1.54, 1.807) is 0 Å². The third-order valence-corrected chi connectivity index (χ3v) is 4.04. The molecule has 0 aliphatic rings. The van der Waals surface area contributed by atoms with Crippen LogP contribution < -0.4 is 10.5 Å². The van der Waals surface area contributed by atoms with Gasteiger partial charge >= 0.3 is 0 Å². The minimum Gasteiger partial charge on any atom is -0.457 e. The Morgan fingerprint density at radius 1 is 1.00 bits per heavy atom. The van der Waals surface area contributed by atoms with Crippen molar-refractivity contribution in [3.8, 4) is 11.5 Å². The van der Waals surface area contributed by atoms with Crippen LogP contribution in [0.2, 0.25) is 0 Å². The maximum absolute atomic E-state index is 6.08. The van der Waals surface area contributed by atoms with Gasteiger partial charge in [0.1, 0.15) is 11.5 Å². The molecule has 0 saturated carbocycles. The van der Waals surface area contributed by atoms with Crippen LogP contribution in [0.5, 0.6) is 11.5 Å². The normalized spacial score (nSPS) is 12.2. The summed E-state index contributed by atoms with van der Waals surface area (Å²) in [5.74, 6) is 1.84. The highest BCUT2D eigenvalue weighted by Gasteiger charge is 2.08. The summed E-state index contributed by atoms with van der Waals surface area (Å²) >= 11 is 0. The second kappa shape index (κ2) is 6.77. The van der Waals surface area contributed by atoms with Crippen LogP contribution in [-0.4, -0.2) is 6.04 Å². The number of ether oxygens (including phenoxy) is 1. The monoisotopic (exact) mass is 283 g/mol. The quantitative estimate of drug-likeness (QED) is 0.864. The van der Waals surface area contributed by atoms with Crippen molar-refractivity contribution < 1.29 is 4.74 Å². The van der Waals surface area contributed by atoms with E-state index < -0.39 is 0 Å². The lowest BCUT2D eigenvalue weighted by atomic mass is 10.0. The molecule has 0 spiro atoms. The van der Waals surface area contributed by atoms with Crippen molar-refractivity contribution in [3.05, 3.63) is 58.7 Å². The van der Waals surface area contributed by atoms with E-state index in [4.69, 9.17) is 10.5 Å². The first-order valence-corrected chi connectivity index (χ1v) is 7.60. The molecule has 2 heteroatoms. The topological polar surface area (TPSA) is 35.2 Å². The standard InChI is InChI=1S/C19H25NO/c1-5-17(20)12-16-9-10-18(14(3)11-16)21-19-8-6-7-13(2)15(19)4/h6-11,17H,5,12,20H2,1-4H3. The molecule has 0 heterocycles. The Morgan fingerprint density at radius 3 is 2.43 bits per heavy atom. The van der Waals surface area contributed by atoms with Crippen LogP contribution in [0.4, 0.5) is 0 Å². The lowest BCUT2D eigenvalue weighted by Crippen LogP contribution is -2.21. The first kappa shape index (κ1) is 15.6. The third kappa shape index (κ3) is 3.85. The molecule has 0 amide bonds. The van der Waals surface area contributed by atoms with Crippen molar-refractivity contribution >= 4 is 0 Å². The minimum atomic E-state index is 0.232. The minimum absolute atomic E-state index is 0.232. The second-order valence-electron chi connectivity index (χ2n) is 5.77. The maximum Gasteiger partial charge on any atom is 0.130 e. The summed E-state index contributed by atoms with van der Waals surface area (Å²) in [6.07, 6.45) is 1.92. The molecule has 0 saturated heterocycles. The summed E-state index contributed by atoms with van der Waals surface area (Å²) < 4.78 is 6.08. The van der Waals surface area contributed by atoms with Gasteiger partial charge in [-0.2, -0.15) is 0 Å². The fourth-order valence-corrected chi connectivity index (χ4v) is 2.35. The van der Waals surface area contributed by atoms with E-state index in [0.717, 1.165) is 29.9 Å². The largest absolute Gasteiger partial charge is 0.457 e. The zero-order valence-electron chi connectivity index (χ0n) is 13.4. The lowest BCUT2D eigenvalue weighted by Gasteiger charge is -2.14. The summed E-state index contributed by atoms with van der Waals surface area (Å²) in [5, 5.41) is 0. The highest BCUT2D eigenvalue weighted by molar-refractivity contribution is 5.44. The van der Waals surface area contributed by atoms with E-state index >= 15 is 0 Å². The second-order valence-corrected chi connectivity index (χ2v) is 5.77. The van der Waals surface area contributed by atoms with Gasteiger partial charge in [-0.1, -0.05) is 31.2 Å². The number of hydrogen-bond donors (Lipinski definition) is 1. The maximum atomic E-state index is 6.08. The molecule has 2 N–H and O–H groups in total. The molecule has 0 aliphatic heterocycles. The van der Waals surface area contributed by atoms with Gasteiger partial charge in [-0.25, -0.2) is 0 Å². The average molecular weight is 283 g/mol. The molecular weight excluding hydrogens is 258 g/mol. The van der Waals surface area contributed by atoms with Gasteiger partial charge in [0.15, 0.2) is 0 Å². The SMILES string of the molecule is CCC(N)Cc1ccc(Oc2cccc(C)c2C)c(C)c1. The predicted octanol–water partition coefficient (Wildman–Crippen LogP) is 4.68. The van der Waals surface area contributed by atoms with Crippen LogP contribution >= 0.6 is 0 Å². The predicted molar refractivity (Wildman–Crippen MR) is 89.1 cm³/mol. The van der Waals surface area contributed by atoms with E-state index in [2.05, 4.69) is 52.0 Å². The Hall–Kier alpha value is -1.80. The van der Waals surface area contributed by atoms with Gasteiger partial charge in [0.2, 0.25) is 0 Å². The van der Waals surface area contributed by atoms with Crippen LogP contribution in [0, 0.1) is 20.8 Å². The van der Waals surface area contributed by atoms with Crippen molar-refractivity contribution in [2.24, 2.45) is 5.73 Å². The zero-order valence-corrected chi connectivity index (χ0v) is 13.4. The number of benzene rings is 2. The van der Waals surface area contributed by atoms with Gasteiger partial charge < -0.3 is 10.5 Å². The molecule has 2 rings (SSSR count). The number of nitrogens with two attached hydrogens (primary N) is 1. The lowest BCUT2D eigenvalue weighted by molar-refractivity contribution is 0.474. The van der Waals surface area contributed by atoms with E-state index in [-0.39, 0.29) is 6.04 Å². The fraction of sp³-hybridized carbons (Fsp3) is 0.368. The summed E-state index contributed by atoms with van der Waals surface area (Å²) in [5.41, 5.74) is 10.9. The molecule has 2 nitrogen and oxygen atoms in total. The van der Waals surface area contributed by atoms with E-state index in [1.165, 1.54) is 16.7 Å². The van der Waals surface area contributed by atoms with Gasteiger partial charge in [-0.15, -0.1) is 0 Å². The first-order chi connectivity index (χ1) is 10.0. The first-order valence-electron chi connectivity index (χ1n) is 7.60. The third-order valence-electron chi connectivity index (χ3n) is 4.04. The van der Waals surface area contributed by atoms with Crippen LogP contribution in [0.25, 0.3) is 0 Å². The van der Waals surface area contributed by atoms with Crippen LogP contribution in [0.3, 0.4) is 0 Å². The molecule has 0 aromatic heterocycles. The number of rotatable bonds is 5. The van der Waals surface area contributed by atoms with Gasteiger partial charge in [-0.05, 0) is 68.0 Å². The summed E-state index contributed by atoms with van der Waals surface area (Å²) in [6, 6.07) is 12.7. The molecule has 112 valence electrons. The summed E-state index contributed by atoms with van der Waals surface area (Å²) in [7, 11) is 0. The van der Waals surface area contributed by atoms with Crippen molar-refractivity contribution in [3.63, 3.8) is 0 Å². The van der Waals surface area contributed by atoms with E-state index in [9.17, 15) is 0 Å². The molecule has 1 unspecified atom stereocenters. The molecule has 0 aliphatic carbocycles. The number of hydrogen-bond acceptors (Lipinski definition) is 2. The Morgan fingerprint density at radius 2 is 1.76 bits per heavy atom. The van der Waals surface area contributed by atoms with Gasteiger partial charge in [-0.3, -0.25) is 0 Å². The number of aryl methyl sites for hydroxylation is 2. The molecule has 1 atom stereocenters. The van der Waals surface area contributed by atoms with Gasteiger partial charge in [0.05, 0.1) is 0 Å². The van der Waals surface area contributed by atoms with Crippen molar-refractivity contribution in [1.82, 2.24) is 0 Å². The van der Waals surface area contributed by atoms with Crippen molar-refractivity contribution in [2.75, 3.05) is 0 Å². The highest BCUT2D eigenvalue weighted by atomic mass is 16.5. The highest BCUT2D eigenvalue weighted by Crippen LogP contribution is 2.29. The smallest absolute Gasteiger partial charge is 0.130 e. The molecule has 0 radical (unpaired) electrons. The summed E-state index contributed by atoms with van der Waals surface area (Å²) in [6.45, 7) is 8.40. The van der Waals surface area contributed by atoms with E-state index in [0.29, 0.717) is 0 Å². The zero-order chi connectivity index (χ0) is 15.4. The molecule has 0 fully saturated rings. The van der Waals surface area contributed by atoms with Gasteiger partial charge in [0.25, 0.3) is 0 Å². The molecule has 0 bridgehead atoms. The molecule has 2 aromatic carbocycles. The van der Waals surface area contributed by atoms with E-state index in [1.807, 2.05) is 12.1 Å². The molecule has 21 heavy (non-hydrogen) atoms.